The van der Waals surface area contributed by atoms with Gasteiger partial charge >= 0.3 is 0 Å². The highest BCUT2D eigenvalue weighted by Crippen LogP contribution is 2.32. The number of Topliss-reactive ketones (excluding diaryl/α,β-unsaturated/α-hetero) is 2. The van der Waals surface area contributed by atoms with Crippen LogP contribution >= 0.6 is 0 Å². The van der Waals surface area contributed by atoms with Crippen LogP contribution < -0.4 is 0 Å². The van der Waals surface area contributed by atoms with Crippen molar-refractivity contribution in [1.29, 1.82) is 0 Å². The zero-order chi connectivity index (χ0) is 22.0. The standard InChI is InChI=1S/C23H24FN2O3S/c1-5-6-20(28)16-10-15(3)22(18(24)11-16)23-19(12-17(27)13-30(4)29)26-8-7-14(2)9-21(26)25-23/h7-11,13H,5-6,12H2,1-4H3/q-1. The van der Waals surface area contributed by atoms with Gasteiger partial charge < -0.3 is 8.61 Å². The Morgan fingerprint density at radius 3 is 2.60 bits per heavy atom. The van der Waals surface area contributed by atoms with Gasteiger partial charge in [-0.3, -0.25) is 20.0 Å². The topological polar surface area (TPSA) is 68.5 Å². The first kappa shape index (κ1) is 21.9. The summed E-state index contributed by atoms with van der Waals surface area (Å²) in [6.45, 7) is 5.56. The summed E-state index contributed by atoms with van der Waals surface area (Å²) in [4.78, 5) is 29.2. The lowest BCUT2D eigenvalue weighted by atomic mass is 9.96. The molecule has 0 spiro atoms. The van der Waals surface area contributed by atoms with E-state index in [0.29, 0.717) is 41.0 Å². The van der Waals surface area contributed by atoms with Crippen LogP contribution in [0.25, 0.3) is 16.9 Å². The van der Waals surface area contributed by atoms with Crippen molar-refractivity contribution in [2.45, 2.75) is 40.0 Å². The van der Waals surface area contributed by atoms with E-state index in [2.05, 4.69) is 4.98 Å². The third kappa shape index (κ3) is 4.51. The second kappa shape index (κ2) is 8.92. The molecule has 3 rings (SSSR count). The first-order valence-corrected chi connectivity index (χ1v) is 11.3. The van der Waals surface area contributed by atoms with Crippen LogP contribution in [0.4, 0.5) is 4.39 Å². The number of aromatic nitrogens is 2. The van der Waals surface area contributed by atoms with Gasteiger partial charge in [0.2, 0.25) is 0 Å². The Morgan fingerprint density at radius 1 is 1.23 bits per heavy atom. The van der Waals surface area contributed by atoms with Crippen LogP contribution in [-0.4, -0.2) is 32.6 Å². The van der Waals surface area contributed by atoms with Gasteiger partial charge in [-0.15, -0.1) is 11.6 Å². The summed E-state index contributed by atoms with van der Waals surface area (Å²) in [6.07, 6.45) is 4.20. The molecule has 0 amide bonds. The number of aryl methyl sites for hydroxylation is 2. The van der Waals surface area contributed by atoms with E-state index in [9.17, 15) is 13.8 Å². The minimum atomic E-state index is -1.38. The smallest absolute Gasteiger partial charge is 0.162 e. The average Bonchev–Trinajstić information content (AvgIpc) is 2.97. The molecule has 0 atom stereocenters. The van der Waals surface area contributed by atoms with Crippen molar-refractivity contribution in [1.82, 2.24) is 9.38 Å². The summed E-state index contributed by atoms with van der Waals surface area (Å²) in [6, 6.07) is 6.65. The normalized spacial score (nSPS) is 12.4. The Bertz CT molecular complexity index is 1210. The highest BCUT2D eigenvalue weighted by molar-refractivity contribution is 7.84. The average molecular weight is 428 g/mol. The third-order valence-electron chi connectivity index (χ3n) is 4.84. The van der Waals surface area contributed by atoms with Crippen molar-refractivity contribution in [3.05, 3.63) is 58.7 Å². The third-order valence-corrected chi connectivity index (χ3v) is 5.44. The lowest BCUT2D eigenvalue weighted by molar-refractivity contribution is -0.111. The van der Waals surface area contributed by atoms with E-state index in [0.717, 1.165) is 10.9 Å². The minimum Gasteiger partial charge on any atom is -0.461 e. The van der Waals surface area contributed by atoms with E-state index in [4.69, 9.17) is 0 Å². The number of carbonyl (C=O) groups is 2. The number of nitrogens with zero attached hydrogens (tertiary/aromatic N) is 2. The predicted octanol–water partition coefficient (Wildman–Crippen LogP) is 4.25. The molecule has 7 heteroatoms. The Morgan fingerprint density at radius 2 is 1.97 bits per heavy atom. The quantitative estimate of drug-likeness (QED) is 0.321. The van der Waals surface area contributed by atoms with Crippen LogP contribution in [0, 0.1) is 19.7 Å². The fourth-order valence-electron chi connectivity index (χ4n) is 3.53. The maximum Gasteiger partial charge on any atom is 0.162 e. The number of benzene rings is 1. The van der Waals surface area contributed by atoms with Crippen LogP contribution in [-0.2, 0) is 25.8 Å². The SMILES string of the molecule is CCCC(=O)c1cc(C)c(-c2nc3cc(C)ccn3c2CC(=O)/C=[S-](/C)=O)c(F)c1. The molecule has 3 aromatic rings. The Balaban J connectivity index is 2.21. The van der Waals surface area contributed by atoms with E-state index in [1.54, 1.807) is 23.6 Å². The van der Waals surface area contributed by atoms with Gasteiger partial charge in [0, 0.05) is 23.7 Å². The molecule has 0 unspecified atom stereocenters. The van der Waals surface area contributed by atoms with Gasteiger partial charge in [0.25, 0.3) is 0 Å². The van der Waals surface area contributed by atoms with E-state index in [1.807, 2.05) is 26.0 Å². The van der Waals surface area contributed by atoms with E-state index in [-0.39, 0.29) is 23.6 Å². The molecule has 2 aromatic heterocycles. The molecule has 30 heavy (non-hydrogen) atoms. The summed E-state index contributed by atoms with van der Waals surface area (Å²) in [5.74, 6) is -0.981. The van der Waals surface area contributed by atoms with Crippen molar-refractivity contribution in [2.75, 3.05) is 6.26 Å². The molecule has 2 heterocycles. The lowest BCUT2D eigenvalue weighted by Gasteiger charge is -2.11. The molecule has 0 fully saturated rings. The second-order valence-electron chi connectivity index (χ2n) is 7.42. The number of ketones is 2. The number of halogens is 1. The van der Waals surface area contributed by atoms with Gasteiger partial charge in [0.1, 0.15) is 17.2 Å². The van der Waals surface area contributed by atoms with Gasteiger partial charge in [0.05, 0.1) is 17.8 Å². The van der Waals surface area contributed by atoms with Gasteiger partial charge in [-0.25, -0.2) is 9.37 Å². The van der Waals surface area contributed by atoms with E-state index < -0.39 is 16.2 Å². The lowest BCUT2D eigenvalue weighted by Crippen LogP contribution is -2.09. The number of carbonyl (C=O) groups excluding carboxylic acids is 2. The zero-order valence-electron chi connectivity index (χ0n) is 17.5. The Labute approximate surface area is 177 Å². The van der Waals surface area contributed by atoms with Crippen molar-refractivity contribution >= 4 is 33.0 Å². The van der Waals surface area contributed by atoms with Gasteiger partial charge in [-0.1, -0.05) is 6.92 Å². The molecule has 5 nitrogen and oxygen atoms in total. The number of hydrogen-bond donors (Lipinski definition) is 0. The van der Waals surface area contributed by atoms with E-state index in [1.165, 1.54) is 12.3 Å². The molecule has 0 bridgehead atoms. The van der Waals surface area contributed by atoms with Crippen LogP contribution in [0.5, 0.6) is 0 Å². The van der Waals surface area contributed by atoms with Crippen LogP contribution in [0.3, 0.4) is 0 Å². The molecule has 0 aliphatic carbocycles. The molecular formula is C23H24FN2O3S-. The number of pyridine rings is 1. The summed E-state index contributed by atoms with van der Waals surface area (Å²) in [7, 11) is -1.38. The summed E-state index contributed by atoms with van der Waals surface area (Å²) in [5.41, 5.74) is 3.63. The number of imidazole rings is 1. The van der Waals surface area contributed by atoms with Crippen LogP contribution in [0.1, 0.15) is 46.9 Å². The molecule has 0 aliphatic heterocycles. The zero-order valence-corrected chi connectivity index (χ0v) is 18.3. The Kier molecular flexibility index (Phi) is 6.51. The molecule has 1 aromatic carbocycles. The van der Waals surface area contributed by atoms with Crippen molar-refractivity contribution < 1.29 is 18.2 Å². The molecule has 0 radical (unpaired) electrons. The van der Waals surface area contributed by atoms with Crippen molar-refractivity contribution in [3.63, 3.8) is 0 Å². The predicted molar refractivity (Wildman–Crippen MR) is 118 cm³/mol. The number of hydrogen-bond acceptors (Lipinski definition) is 5. The maximum atomic E-state index is 15.2. The molecule has 0 aliphatic rings. The summed E-state index contributed by atoms with van der Waals surface area (Å²) in [5, 5.41) is 1.15. The number of fused-ring (bicyclic) bond motifs is 1. The summed E-state index contributed by atoms with van der Waals surface area (Å²) >= 11 is 0. The van der Waals surface area contributed by atoms with Gasteiger partial charge in [-0.05, 0) is 55.7 Å². The highest BCUT2D eigenvalue weighted by atomic mass is 32.2. The number of rotatable bonds is 7. The van der Waals surface area contributed by atoms with Crippen molar-refractivity contribution in [2.24, 2.45) is 0 Å². The largest absolute Gasteiger partial charge is 0.461 e. The fraction of sp³-hybridized carbons (Fsp3) is 0.304. The highest BCUT2D eigenvalue weighted by Gasteiger charge is 2.22. The first-order valence-electron chi connectivity index (χ1n) is 9.72. The molecular weight excluding hydrogens is 403 g/mol. The maximum absolute atomic E-state index is 15.2. The Hall–Kier alpha value is -2.80. The fourth-order valence-corrected chi connectivity index (χ4v) is 3.99. The van der Waals surface area contributed by atoms with E-state index >= 15 is 4.39 Å². The van der Waals surface area contributed by atoms with Crippen LogP contribution in [0.2, 0.25) is 0 Å². The molecule has 158 valence electrons. The van der Waals surface area contributed by atoms with Gasteiger partial charge in [0.15, 0.2) is 5.78 Å². The summed E-state index contributed by atoms with van der Waals surface area (Å²) < 4.78 is 28.4. The van der Waals surface area contributed by atoms with Gasteiger partial charge in [-0.2, -0.15) is 0 Å². The minimum absolute atomic E-state index is 0.0610. The monoisotopic (exact) mass is 427 g/mol. The molecule has 0 saturated heterocycles. The molecule has 0 N–H and O–H groups in total. The van der Waals surface area contributed by atoms with Crippen molar-refractivity contribution in [3.8, 4) is 11.3 Å². The van der Waals surface area contributed by atoms with Crippen LogP contribution in [0.15, 0.2) is 30.5 Å². The second-order valence-corrected chi connectivity index (χ2v) is 8.65. The first-order chi connectivity index (χ1) is 14.2. The molecule has 0 saturated carbocycles.